The summed E-state index contributed by atoms with van der Waals surface area (Å²) in [4.78, 5) is 26.7. The van der Waals surface area contributed by atoms with Gasteiger partial charge in [-0.3, -0.25) is 0 Å². The maximum absolute atomic E-state index is 10.6. The average Bonchev–Trinajstić information content (AvgIpc) is 2.14. The molecule has 9 N–H and O–H groups in total. The van der Waals surface area contributed by atoms with E-state index in [2.05, 4.69) is 0 Å². The molecule has 0 heterocycles. The number of rotatable bonds is 0. The van der Waals surface area contributed by atoms with Crippen LogP contribution in [0.1, 0.15) is 0 Å². The molecule has 0 amide bonds. The number of aliphatic carboxylic acids is 3. The van der Waals surface area contributed by atoms with Gasteiger partial charge in [-0.1, -0.05) is 0 Å². The molecule has 0 fully saturated rings. The maximum atomic E-state index is 10.6. The Hall–Kier alpha value is -1.11. The molecule has 0 aromatic rings. The Morgan fingerprint density at radius 3 is 0.520 bits per heavy atom. The topological polar surface area (TPSA) is 206 Å². The second-order valence-corrected chi connectivity index (χ2v) is 2.41. The first kappa shape index (κ1) is 43.9. The smallest absolute Gasteiger partial charge is 0.475 e. The minimum Gasteiger partial charge on any atom is -0.475 e. The number of carboxylic acid groups (broad SMARTS) is 3. The Morgan fingerprint density at radius 1 is 0.480 bits per heavy atom. The van der Waals surface area contributed by atoms with E-state index in [0.29, 0.717) is 0 Å². The van der Waals surface area contributed by atoms with Crippen molar-refractivity contribution in [3.8, 4) is 0 Å². The Kier molecular flexibility index (Phi) is 28.7. The van der Waals surface area contributed by atoms with Crippen molar-refractivity contribution in [1.29, 1.82) is 0 Å². The van der Waals surface area contributed by atoms with Gasteiger partial charge in [0.05, 0.1) is 0 Å². The number of hydrogen-bond donors (Lipinski definition) is 3. The van der Waals surface area contributed by atoms with E-state index in [1.54, 1.807) is 0 Å². The Labute approximate surface area is 159 Å². The van der Waals surface area contributed by atoms with E-state index in [9.17, 15) is 39.5 Å². The minimum absolute atomic E-state index is 0. The summed E-state index contributed by atoms with van der Waals surface area (Å²) in [5.41, 5.74) is 0. The number of halogens is 9. The zero-order chi connectivity index (χ0) is 18.2. The van der Waals surface area contributed by atoms with Gasteiger partial charge in [0.1, 0.15) is 0 Å². The molecule has 0 aliphatic carbocycles. The second kappa shape index (κ2) is 16.4. The van der Waals surface area contributed by atoms with Crippen molar-refractivity contribution >= 4 is 17.9 Å². The summed E-state index contributed by atoms with van der Waals surface area (Å²) in [6.07, 6.45) is -15.3. The number of carbonyl (C=O) groups is 3. The van der Waals surface area contributed by atoms with Crippen molar-refractivity contribution in [3.63, 3.8) is 0 Å². The largest absolute Gasteiger partial charge is 0.490 e. The number of carboxylic acids is 3. The van der Waals surface area contributed by atoms with Crippen LogP contribution in [-0.4, -0.2) is 68.2 Å². The average molecular weight is 571 g/mol. The van der Waals surface area contributed by atoms with Crippen LogP contribution in [0.5, 0.6) is 0 Å². The van der Waals surface area contributed by atoms with E-state index in [4.69, 9.17) is 29.7 Å². The van der Waals surface area contributed by atoms with Crippen LogP contribution in [-0.2, 0) is 14.4 Å². The monoisotopic (exact) mass is 571 g/mol. The molecule has 0 saturated carbocycles. The third-order valence-corrected chi connectivity index (χ3v) is 0.728. The van der Waals surface area contributed by atoms with E-state index in [1.807, 2.05) is 0 Å². The van der Waals surface area contributed by atoms with E-state index < -0.39 is 36.4 Å². The fraction of sp³-hybridized carbons (Fsp3) is 0.500. The van der Waals surface area contributed by atoms with Crippen LogP contribution in [0.2, 0.25) is 0 Å². The zero-order valence-corrected chi connectivity index (χ0v) is 12.4. The Bertz CT molecular complexity index is 318. The predicted octanol–water partition coefficient (Wildman–Crippen LogP) is -0.574. The van der Waals surface area contributed by atoms with Crippen LogP contribution in [0.3, 0.4) is 0 Å². The number of hydrogen-bond acceptors (Lipinski definition) is 3. The summed E-state index contributed by atoms with van der Waals surface area (Å²) in [5, 5.41) is 21.4. The molecule has 0 aromatic carbocycles. The minimum atomic E-state index is -5.08. The molecular formula is C6H9F9LuO9. The molecule has 0 saturated heterocycles. The van der Waals surface area contributed by atoms with Gasteiger partial charge in [-0.05, 0) is 0 Å². The second-order valence-electron chi connectivity index (χ2n) is 2.41. The molecule has 1 radical (unpaired) electrons. The first-order valence-corrected chi connectivity index (χ1v) is 3.73. The van der Waals surface area contributed by atoms with Crippen molar-refractivity contribution in [2.24, 2.45) is 0 Å². The third-order valence-electron chi connectivity index (χ3n) is 0.728. The summed E-state index contributed by atoms with van der Waals surface area (Å²) in [6, 6.07) is 0. The van der Waals surface area contributed by atoms with Gasteiger partial charge < -0.3 is 31.7 Å². The summed E-state index contributed by atoms with van der Waals surface area (Å²) < 4.78 is 95.2. The van der Waals surface area contributed by atoms with Crippen LogP contribution in [0.25, 0.3) is 0 Å². The Balaban J connectivity index is -0.0000000360. The molecule has 9 nitrogen and oxygen atoms in total. The molecule has 0 aliphatic heterocycles. The van der Waals surface area contributed by atoms with Gasteiger partial charge in [-0.2, -0.15) is 39.5 Å². The molecule has 0 atom stereocenters. The zero-order valence-electron chi connectivity index (χ0n) is 10.7. The van der Waals surface area contributed by atoms with Gasteiger partial charge in [-0.15, -0.1) is 0 Å². The number of alkyl halides is 9. The normalized spacial score (nSPS) is 9.48. The van der Waals surface area contributed by atoms with Crippen molar-refractivity contribution in [3.05, 3.63) is 0 Å². The molecule has 0 aliphatic rings. The van der Waals surface area contributed by atoms with E-state index in [-0.39, 0.29) is 53.3 Å². The van der Waals surface area contributed by atoms with Crippen molar-refractivity contribution in [2.75, 3.05) is 0 Å². The molecule has 0 spiro atoms. The van der Waals surface area contributed by atoms with E-state index in [0.717, 1.165) is 0 Å². The van der Waals surface area contributed by atoms with Gasteiger partial charge in [0, 0.05) is 36.9 Å². The fourth-order valence-electron chi connectivity index (χ4n) is 0. The summed E-state index contributed by atoms with van der Waals surface area (Å²) >= 11 is 0. The SMILES string of the molecule is O.O.O.O=C(O)C(F)(F)F.O=C(O)C(F)(F)F.O=C(O)C(F)(F)F.[Lu]. The van der Waals surface area contributed by atoms with Crippen LogP contribution in [0, 0.1) is 36.9 Å². The Morgan fingerprint density at radius 2 is 0.520 bits per heavy atom. The summed E-state index contributed by atoms with van der Waals surface area (Å²) in [5.74, 6) is -8.27. The van der Waals surface area contributed by atoms with Crippen LogP contribution < -0.4 is 0 Å². The fourth-order valence-corrected chi connectivity index (χ4v) is 0. The summed E-state index contributed by atoms with van der Waals surface area (Å²) in [6.45, 7) is 0. The first-order chi connectivity index (χ1) is 8.83. The van der Waals surface area contributed by atoms with Crippen molar-refractivity contribution in [2.45, 2.75) is 18.5 Å². The van der Waals surface area contributed by atoms with Gasteiger partial charge in [0.15, 0.2) is 0 Å². The van der Waals surface area contributed by atoms with Crippen molar-refractivity contribution < 1.29 is 123 Å². The molecule has 0 unspecified atom stereocenters. The first-order valence-electron chi connectivity index (χ1n) is 3.73. The predicted molar refractivity (Wildman–Crippen MR) is 51.9 cm³/mol. The van der Waals surface area contributed by atoms with Gasteiger partial charge in [0.25, 0.3) is 0 Å². The van der Waals surface area contributed by atoms with Gasteiger partial charge >= 0.3 is 36.4 Å². The maximum Gasteiger partial charge on any atom is 0.490 e. The molecule has 0 bridgehead atoms. The molecule has 25 heavy (non-hydrogen) atoms. The van der Waals surface area contributed by atoms with Gasteiger partial charge in [0.2, 0.25) is 0 Å². The van der Waals surface area contributed by atoms with Gasteiger partial charge in [-0.25, -0.2) is 14.4 Å². The molecular weight excluding hydrogens is 562 g/mol. The summed E-state index contributed by atoms with van der Waals surface area (Å²) in [7, 11) is 0. The van der Waals surface area contributed by atoms with Crippen LogP contribution >= 0.6 is 0 Å². The molecule has 19 heteroatoms. The third kappa shape index (κ3) is 35.0. The van der Waals surface area contributed by atoms with E-state index >= 15 is 0 Å². The quantitative estimate of drug-likeness (QED) is 0.324. The standard InChI is InChI=1S/3C2HF3O2.Lu.3H2O/c3*3-2(4,5)1(6)7;;;;/h3*(H,6,7);;3*1H2. The molecule has 0 aromatic heterocycles. The van der Waals surface area contributed by atoms with E-state index in [1.165, 1.54) is 0 Å². The van der Waals surface area contributed by atoms with Crippen molar-refractivity contribution in [1.82, 2.24) is 0 Å². The van der Waals surface area contributed by atoms with Crippen LogP contribution in [0.4, 0.5) is 39.5 Å². The molecule has 165 valence electrons. The molecule has 0 rings (SSSR count). The van der Waals surface area contributed by atoms with Crippen LogP contribution in [0.15, 0.2) is 0 Å².